The van der Waals surface area contributed by atoms with Crippen molar-refractivity contribution in [3.63, 3.8) is 0 Å². The Hall–Kier alpha value is -1.46. The zero-order valence-corrected chi connectivity index (χ0v) is 10.4. The van der Waals surface area contributed by atoms with Crippen LogP contribution in [0.25, 0.3) is 0 Å². The van der Waals surface area contributed by atoms with Gasteiger partial charge in [0.1, 0.15) is 5.82 Å². The summed E-state index contributed by atoms with van der Waals surface area (Å²) in [7, 11) is 0. The maximum Gasteiger partial charge on any atom is 0.257 e. The first kappa shape index (κ1) is 12.0. The molecule has 0 radical (unpaired) electrons. The van der Waals surface area contributed by atoms with Gasteiger partial charge in [-0.25, -0.2) is 9.37 Å². The Morgan fingerprint density at radius 3 is 2.88 bits per heavy atom. The fourth-order valence-corrected chi connectivity index (χ4v) is 2.06. The first-order chi connectivity index (χ1) is 8.06. The van der Waals surface area contributed by atoms with Crippen molar-refractivity contribution < 1.29 is 9.18 Å². The van der Waals surface area contributed by atoms with E-state index in [2.05, 4.69) is 10.3 Å². The second kappa shape index (κ2) is 4.81. The van der Waals surface area contributed by atoms with E-state index in [9.17, 15) is 9.18 Å². The van der Waals surface area contributed by atoms with Crippen molar-refractivity contribution in [2.24, 2.45) is 0 Å². The van der Waals surface area contributed by atoms with Gasteiger partial charge in [-0.3, -0.25) is 10.1 Å². The molecule has 2 aromatic rings. The van der Waals surface area contributed by atoms with Crippen LogP contribution in [-0.2, 0) is 0 Å². The van der Waals surface area contributed by atoms with Crippen molar-refractivity contribution in [1.29, 1.82) is 0 Å². The molecule has 1 amide bonds. The van der Waals surface area contributed by atoms with E-state index in [-0.39, 0.29) is 10.9 Å². The molecule has 1 aromatic heterocycles. The highest BCUT2D eigenvalue weighted by molar-refractivity contribution is 7.15. The minimum Gasteiger partial charge on any atom is -0.298 e. The van der Waals surface area contributed by atoms with E-state index >= 15 is 0 Å². The van der Waals surface area contributed by atoms with Crippen LogP contribution in [0.2, 0.25) is 5.02 Å². The average Bonchev–Trinajstić information content (AvgIpc) is 2.68. The molecule has 0 spiro atoms. The van der Waals surface area contributed by atoms with Crippen molar-refractivity contribution in [3.05, 3.63) is 45.7 Å². The molecule has 3 nitrogen and oxygen atoms in total. The van der Waals surface area contributed by atoms with E-state index in [4.69, 9.17) is 11.6 Å². The summed E-state index contributed by atoms with van der Waals surface area (Å²) in [6.45, 7) is 1.89. The molecule has 88 valence electrons. The monoisotopic (exact) mass is 270 g/mol. The van der Waals surface area contributed by atoms with Crippen LogP contribution < -0.4 is 5.32 Å². The Bertz CT molecular complexity index is 570. The number of aromatic nitrogens is 1. The second-order valence-electron chi connectivity index (χ2n) is 3.36. The molecule has 0 aliphatic rings. The number of amides is 1. The third kappa shape index (κ3) is 2.81. The fraction of sp³-hybridized carbons (Fsp3) is 0.0909. The number of thiazole rings is 1. The smallest absolute Gasteiger partial charge is 0.257 e. The van der Waals surface area contributed by atoms with Crippen LogP contribution in [0.4, 0.5) is 9.52 Å². The number of aryl methyl sites for hydroxylation is 1. The average molecular weight is 271 g/mol. The number of nitrogens with one attached hydrogen (secondary N) is 1. The maximum absolute atomic E-state index is 12.9. The Balaban J connectivity index is 2.17. The lowest BCUT2D eigenvalue weighted by Gasteiger charge is -2.02. The van der Waals surface area contributed by atoms with E-state index in [1.807, 2.05) is 6.92 Å². The Morgan fingerprint density at radius 1 is 1.53 bits per heavy atom. The summed E-state index contributed by atoms with van der Waals surface area (Å²) in [5.74, 6) is -0.908. The van der Waals surface area contributed by atoms with E-state index < -0.39 is 5.82 Å². The number of carbonyl (C=O) groups excluding carboxylic acids is 1. The van der Waals surface area contributed by atoms with Gasteiger partial charge in [0.25, 0.3) is 5.91 Å². The van der Waals surface area contributed by atoms with Crippen molar-refractivity contribution in [2.75, 3.05) is 5.32 Å². The Morgan fingerprint density at radius 2 is 2.29 bits per heavy atom. The van der Waals surface area contributed by atoms with Gasteiger partial charge in [-0.05, 0) is 25.1 Å². The van der Waals surface area contributed by atoms with E-state index in [1.165, 1.54) is 23.5 Å². The predicted molar refractivity (Wildman–Crippen MR) is 66.2 cm³/mol. The zero-order chi connectivity index (χ0) is 12.4. The number of rotatable bonds is 2. The van der Waals surface area contributed by atoms with Gasteiger partial charge in [-0.1, -0.05) is 11.6 Å². The summed E-state index contributed by atoms with van der Waals surface area (Å²) in [6, 6.07) is 3.81. The molecule has 1 heterocycles. The highest BCUT2D eigenvalue weighted by Gasteiger charge is 2.10. The molecule has 6 heteroatoms. The largest absolute Gasteiger partial charge is 0.298 e. The van der Waals surface area contributed by atoms with E-state index in [0.717, 1.165) is 10.9 Å². The molecule has 1 N–H and O–H groups in total. The van der Waals surface area contributed by atoms with Crippen LogP contribution in [0.5, 0.6) is 0 Å². The molecule has 0 fully saturated rings. The van der Waals surface area contributed by atoms with Crippen LogP contribution in [0.1, 0.15) is 15.2 Å². The van der Waals surface area contributed by atoms with Gasteiger partial charge in [-0.15, -0.1) is 11.3 Å². The topological polar surface area (TPSA) is 42.0 Å². The van der Waals surface area contributed by atoms with Gasteiger partial charge in [-0.2, -0.15) is 0 Å². The summed E-state index contributed by atoms with van der Waals surface area (Å²) < 4.78 is 12.9. The molecule has 0 bridgehead atoms. The van der Waals surface area contributed by atoms with Gasteiger partial charge in [0.05, 0.1) is 5.02 Å². The zero-order valence-electron chi connectivity index (χ0n) is 8.83. The summed E-state index contributed by atoms with van der Waals surface area (Å²) in [6.07, 6.45) is 1.66. The van der Waals surface area contributed by atoms with Gasteiger partial charge in [0, 0.05) is 16.6 Å². The lowest BCUT2D eigenvalue weighted by atomic mass is 10.2. The first-order valence-electron chi connectivity index (χ1n) is 4.75. The normalized spacial score (nSPS) is 10.3. The molecule has 0 saturated carbocycles. The number of hydrogen-bond donors (Lipinski definition) is 1. The third-order valence-corrected chi connectivity index (χ3v) is 3.14. The molecule has 0 saturated heterocycles. The number of nitrogens with zero attached hydrogens (tertiary/aromatic N) is 1. The first-order valence-corrected chi connectivity index (χ1v) is 5.94. The molecule has 0 aliphatic heterocycles. The Kier molecular flexibility index (Phi) is 3.40. The van der Waals surface area contributed by atoms with Crippen LogP contribution in [0.15, 0.2) is 24.4 Å². The molecule has 0 aliphatic carbocycles. The second-order valence-corrected chi connectivity index (χ2v) is 5.00. The molecule has 0 unspecified atom stereocenters. The summed E-state index contributed by atoms with van der Waals surface area (Å²) in [4.78, 5) is 16.8. The molecule has 2 rings (SSSR count). The molecule has 0 atom stereocenters. The lowest BCUT2D eigenvalue weighted by Crippen LogP contribution is -2.11. The predicted octanol–water partition coefficient (Wildman–Crippen LogP) is 3.50. The number of anilines is 1. The fourth-order valence-electron chi connectivity index (χ4n) is 1.22. The maximum atomic E-state index is 12.9. The highest BCUT2D eigenvalue weighted by Crippen LogP contribution is 2.19. The number of carbonyl (C=O) groups is 1. The number of benzene rings is 1. The standard InChI is InChI=1S/C11H8ClFN2OS/c1-6-5-14-11(17-6)15-10(16)7-2-3-9(13)8(12)4-7/h2-5H,1H3,(H,14,15,16). The van der Waals surface area contributed by atoms with Crippen molar-refractivity contribution >= 4 is 34.0 Å². The number of halogens is 2. The van der Waals surface area contributed by atoms with Gasteiger partial charge >= 0.3 is 0 Å². The van der Waals surface area contributed by atoms with Crippen LogP contribution >= 0.6 is 22.9 Å². The van der Waals surface area contributed by atoms with Crippen molar-refractivity contribution in [1.82, 2.24) is 4.98 Å². The summed E-state index contributed by atoms with van der Waals surface area (Å²) in [5, 5.41) is 3.04. The molecular weight excluding hydrogens is 263 g/mol. The minimum atomic E-state index is -0.548. The number of hydrogen-bond acceptors (Lipinski definition) is 3. The van der Waals surface area contributed by atoms with Crippen molar-refractivity contribution in [2.45, 2.75) is 6.92 Å². The van der Waals surface area contributed by atoms with E-state index in [0.29, 0.717) is 10.7 Å². The SMILES string of the molecule is Cc1cnc(NC(=O)c2ccc(F)c(Cl)c2)s1. The third-order valence-electron chi connectivity index (χ3n) is 2.02. The van der Waals surface area contributed by atoms with Gasteiger partial charge in [0.2, 0.25) is 0 Å². The molecule has 17 heavy (non-hydrogen) atoms. The van der Waals surface area contributed by atoms with Gasteiger partial charge in [0.15, 0.2) is 5.13 Å². The molecule has 1 aromatic carbocycles. The summed E-state index contributed by atoms with van der Waals surface area (Å²) >= 11 is 6.96. The highest BCUT2D eigenvalue weighted by atomic mass is 35.5. The van der Waals surface area contributed by atoms with Crippen LogP contribution in [0.3, 0.4) is 0 Å². The van der Waals surface area contributed by atoms with Crippen molar-refractivity contribution in [3.8, 4) is 0 Å². The summed E-state index contributed by atoms with van der Waals surface area (Å²) in [5.41, 5.74) is 0.296. The minimum absolute atomic E-state index is 0.0760. The van der Waals surface area contributed by atoms with Gasteiger partial charge < -0.3 is 0 Å². The Labute approximate surface area is 106 Å². The van der Waals surface area contributed by atoms with Crippen LogP contribution in [0, 0.1) is 12.7 Å². The quantitative estimate of drug-likeness (QED) is 0.907. The lowest BCUT2D eigenvalue weighted by molar-refractivity contribution is 0.102. The van der Waals surface area contributed by atoms with E-state index in [1.54, 1.807) is 6.20 Å². The van der Waals surface area contributed by atoms with Crippen LogP contribution in [-0.4, -0.2) is 10.9 Å². The molecular formula is C11H8ClFN2OS.